The van der Waals surface area contributed by atoms with Crippen LogP contribution in [-0.2, 0) is 11.0 Å². The summed E-state index contributed by atoms with van der Waals surface area (Å²) >= 11 is 11.6. The van der Waals surface area contributed by atoms with E-state index in [-0.39, 0.29) is 15.9 Å². The second-order valence-corrected chi connectivity index (χ2v) is 6.01. The highest BCUT2D eigenvalue weighted by atomic mass is 35.5. The van der Waals surface area contributed by atoms with Crippen LogP contribution in [0, 0.1) is 0 Å². The van der Waals surface area contributed by atoms with Crippen LogP contribution in [0.15, 0.2) is 36.4 Å². The molecule has 26 heavy (non-hydrogen) atoms. The Morgan fingerprint density at radius 3 is 2.46 bits per heavy atom. The van der Waals surface area contributed by atoms with Gasteiger partial charge in [0.05, 0.1) is 22.8 Å². The van der Waals surface area contributed by atoms with Gasteiger partial charge in [0.15, 0.2) is 0 Å². The number of aromatic nitrogens is 1. The van der Waals surface area contributed by atoms with Crippen LogP contribution in [0.1, 0.15) is 16.1 Å². The average Bonchev–Trinajstić information content (AvgIpc) is 2.55. The third-order valence-corrected chi connectivity index (χ3v) is 3.76. The van der Waals surface area contributed by atoms with Crippen LogP contribution in [-0.4, -0.2) is 35.3 Å². The van der Waals surface area contributed by atoms with Gasteiger partial charge in [-0.25, -0.2) is 4.98 Å². The first-order chi connectivity index (χ1) is 12.1. The number of para-hydroxylation sites is 1. The van der Waals surface area contributed by atoms with E-state index in [1.54, 1.807) is 0 Å². The molecule has 1 heterocycles. The number of hydrogen-bond donors (Lipinski definition) is 1. The Hall–Kier alpha value is -2.32. The van der Waals surface area contributed by atoms with E-state index in [4.69, 9.17) is 23.2 Å². The van der Waals surface area contributed by atoms with E-state index in [9.17, 15) is 22.8 Å². The summed E-state index contributed by atoms with van der Waals surface area (Å²) in [4.78, 5) is 29.1. The van der Waals surface area contributed by atoms with E-state index in [0.29, 0.717) is 0 Å². The topological polar surface area (TPSA) is 62.3 Å². The van der Waals surface area contributed by atoms with Crippen molar-refractivity contribution in [2.75, 3.05) is 18.9 Å². The molecule has 1 aromatic heterocycles. The predicted molar refractivity (Wildman–Crippen MR) is 91.3 cm³/mol. The molecular formula is C16H12Cl2F3N3O2. The molecule has 1 N–H and O–H groups in total. The molecule has 0 radical (unpaired) electrons. The summed E-state index contributed by atoms with van der Waals surface area (Å²) in [5.74, 6) is -1.51. The number of anilines is 1. The first-order valence-electron chi connectivity index (χ1n) is 7.13. The van der Waals surface area contributed by atoms with Crippen LogP contribution in [0.4, 0.5) is 18.9 Å². The number of likely N-dealkylation sites (N-methyl/N-ethyl adjacent to an activating group) is 1. The first kappa shape index (κ1) is 20.0. The van der Waals surface area contributed by atoms with E-state index in [1.165, 1.54) is 31.3 Å². The standard InChI is InChI=1S/C16H12Cl2F3N3O2/c1-24(15(26)14-10(17)6-7-12(18)23-14)8-13(25)22-11-5-3-2-4-9(11)16(19,20)21/h2-7H,8H2,1H3,(H,22,25). The highest BCUT2D eigenvalue weighted by Gasteiger charge is 2.33. The van der Waals surface area contributed by atoms with Crippen molar-refractivity contribution in [1.82, 2.24) is 9.88 Å². The Morgan fingerprint density at radius 1 is 1.15 bits per heavy atom. The number of hydrogen-bond acceptors (Lipinski definition) is 3. The molecule has 0 aliphatic heterocycles. The number of pyridine rings is 1. The third kappa shape index (κ3) is 4.86. The quantitative estimate of drug-likeness (QED) is 0.778. The normalized spacial score (nSPS) is 11.2. The number of carbonyl (C=O) groups is 2. The molecule has 2 aromatic rings. The summed E-state index contributed by atoms with van der Waals surface area (Å²) in [6.07, 6.45) is -4.62. The molecule has 138 valence electrons. The maximum Gasteiger partial charge on any atom is 0.418 e. The predicted octanol–water partition coefficient (Wildman–Crippen LogP) is 4.12. The van der Waals surface area contributed by atoms with Gasteiger partial charge in [0, 0.05) is 7.05 Å². The summed E-state index contributed by atoms with van der Waals surface area (Å²) in [7, 11) is 1.29. The number of nitrogens with one attached hydrogen (secondary N) is 1. The van der Waals surface area contributed by atoms with E-state index >= 15 is 0 Å². The zero-order valence-corrected chi connectivity index (χ0v) is 14.8. The Labute approximate surface area is 156 Å². The smallest absolute Gasteiger partial charge is 0.331 e. The lowest BCUT2D eigenvalue weighted by atomic mass is 10.1. The van der Waals surface area contributed by atoms with Gasteiger partial charge < -0.3 is 10.2 Å². The van der Waals surface area contributed by atoms with Crippen LogP contribution < -0.4 is 5.32 Å². The van der Waals surface area contributed by atoms with Crippen molar-refractivity contribution in [2.45, 2.75) is 6.18 Å². The van der Waals surface area contributed by atoms with Crippen molar-refractivity contribution in [3.8, 4) is 0 Å². The molecule has 0 bridgehead atoms. The molecular weight excluding hydrogens is 394 g/mol. The first-order valence-corrected chi connectivity index (χ1v) is 7.88. The summed E-state index contributed by atoms with van der Waals surface area (Å²) in [6.45, 7) is -0.504. The van der Waals surface area contributed by atoms with Gasteiger partial charge in [-0.3, -0.25) is 9.59 Å². The lowest BCUT2D eigenvalue weighted by Gasteiger charge is -2.18. The number of carbonyl (C=O) groups excluding carboxylic acids is 2. The van der Waals surface area contributed by atoms with Crippen molar-refractivity contribution in [2.24, 2.45) is 0 Å². The van der Waals surface area contributed by atoms with Crippen LogP contribution in [0.2, 0.25) is 10.2 Å². The molecule has 0 atom stereocenters. The SMILES string of the molecule is CN(CC(=O)Nc1ccccc1C(F)(F)F)C(=O)c1nc(Cl)ccc1Cl. The minimum Gasteiger partial charge on any atom is -0.331 e. The second kappa shape index (κ2) is 7.92. The number of benzene rings is 1. The molecule has 2 amide bonds. The molecule has 0 fully saturated rings. The molecule has 5 nitrogen and oxygen atoms in total. The van der Waals surface area contributed by atoms with Crippen LogP contribution in [0.3, 0.4) is 0 Å². The Kier molecular flexibility index (Phi) is 6.09. The van der Waals surface area contributed by atoms with Gasteiger partial charge in [-0.15, -0.1) is 0 Å². The number of amides is 2. The minimum atomic E-state index is -4.62. The lowest BCUT2D eigenvalue weighted by Crippen LogP contribution is -2.35. The maximum atomic E-state index is 12.9. The minimum absolute atomic E-state index is 0.0362. The fourth-order valence-electron chi connectivity index (χ4n) is 2.07. The molecule has 0 aliphatic carbocycles. The lowest BCUT2D eigenvalue weighted by molar-refractivity contribution is -0.137. The van der Waals surface area contributed by atoms with E-state index in [1.807, 2.05) is 0 Å². The van der Waals surface area contributed by atoms with Crippen molar-refractivity contribution in [3.63, 3.8) is 0 Å². The molecule has 0 aliphatic rings. The van der Waals surface area contributed by atoms with Crippen LogP contribution >= 0.6 is 23.2 Å². The fourth-order valence-corrected chi connectivity index (χ4v) is 2.40. The zero-order chi connectivity index (χ0) is 19.5. The highest BCUT2D eigenvalue weighted by Crippen LogP contribution is 2.34. The van der Waals surface area contributed by atoms with E-state index in [0.717, 1.165) is 17.0 Å². The number of nitrogens with zero attached hydrogens (tertiary/aromatic N) is 2. The monoisotopic (exact) mass is 405 g/mol. The Balaban J connectivity index is 2.11. The summed E-state index contributed by atoms with van der Waals surface area (Å²) in [6, 6.07) is 7.30. The van der Waals surface area contributed by atoms with Crippen molar-refractivity contribution >= 4 is 40.7 Å². The molecule has 0 spiro atoms. The second-order valence-electron chi connectivity index (χ2n) is 5.22. The zero-order valence-electron chi connectivity index (χ0n) is 13.3. The van der Waals surface area contributed by atoms with Gasteiger partial charge in [0.25, 0.3) is 5.91 Å². The van der Waals surface area contributed by atoms with Gasteiger partial charge in [-0.2, -0.15) is 13.2 Å². The third-order valence-electron chi connectivity index (χ3n) is 3.25. The fraction of sp³-hybridized carbons (Fsp3) is 0.188. The average molecular weight is 406 g/mol. The molecule has 1 aromatic carbocycles. The number of rotatable bonds is 4. The number of halogens is 5. The summed E-state index contributed by atoms with van der Waals surface area (Å²) in [5, 5.41) is 2.22. The molecule has 2 rings (SSSR count). The van der Waals surface area contributed by atoms with Crippen molar-refractivity contribution in [1.29, 1.82) is 0 Å². The van der Waals surface area contributed by atoms with Gasteiger partial charge in [0.2, 0.25) is 5.91 Å². The molecule has 0 saturated carbocycles. The van der Waals surface area contributed by atoms with Crippen LogP contribution in [0.25, 0.3) is 0 Å². The van der Waals surface area contributed by atoms with Gasteiger partial charge in [-0.1, -0.05) is 35.3 Å². The molecule has 0 saturated heterocycles. The largest absolute Gasteiger partial charge is 0.418 e. The Bertz CT molecular complexity index is 844. The van der Waals surface area contributed by atoms with Gasteiger partial charge in [0.1, 0.15) is 10.8 Å². The van der Waals surface area contributed by atoms with E-state index in [2.05, 4.69) is 10.3 Å². The molecule has 0 unspecified atom stereocenters. The van der Waals surface area contributed by atoms with E-state index < -0.39 is 35.8 Å². The molecule has 10 heteroatoms. The summed E-state index contributed by atoms with van der Waals surface area (Å²) in [5.41, 5.74) is -1.54. The van der Waals surface area contributed by atoms with Crippen molar-refractivity contribution < 1.29 is 22.8 Å². The Morgan fingerprint density at radius 2 is 1.81 bits per heavy atom. The maximum absolute atomic E-state index is 12.9. The number of alkyl halides is 3. The highest BCUT2D eigenvalue weighted by molar-refractivity contribution is 6.34. The van der Waals surface area contributed by atoms with Crippen molar-refractivity contribution in [3.05, 3.63) is 57.8 Å². The van der Waals surface area contributed by atoms with Crippen LogP contribution in [0.5, 0.6) is 0 Å². The van der Waals surface area contributed by atoms with Gasteiger partial charge >= 0.3 is 6.18 Å². The van der Waals surface area contributed by atoms with Gasteiger partial charge in [-0.05, 0) is 24.3 Å². The summed E-state index contributed by atoms with van der Waals surface area (Å²) < 4.78 is 38.8.